The van der Waals surface area contributed by atoms with Crippen molar-refractivity contribution in [1.29, 1.82) is 0 Å². The number of benzene rings is 1. The Balaban J connectivity index is 0.00000364. The maximum atomic E-state index is 5.80. The van der Waals surface area contributed by atoms with Gasteiger partial charge in [0.25, 0.3) is 0 Å². The highest BCUT2D eigenvalue weighted by molar-refractivity contribution is 14.0. The maximum absolute atomic E-state index is 5.80. The van der Waals surface area contributed by atoms with Crippen LogP contribution >= 0.6 is 24.0 Å². The van der Waals surface area contributed by atoms with Crippen LogP contribution in [-0.4, -0.2) is 31.6 Å². The summed E-state index contributed by atoms with van der Waals surface area (Å²) >= 11 is 0. The molecule has 0 aliphatic rings. The molecule has 0 spiro atoms. The van der Waals surface area contributed by atoms with Crippen molar-refractivity contribution in [2.24, 2.45) is 4.99 Å². The van der Waals surface area contributed by atoms with E-state index in [1.54, 1.807) is 20.4 Å². The Morgan fingerprint density at radius 3 is 2.56 bits per heavy atom. The minimum absolute atomic E-state index is 0. The molecule has 7 heteroatoms. The molecule has 0 radical (unpaired) electrons. The van der Waals surface area contributed by atoms with Crippen molar-refractivity contribution in [2.45, 2.75) is 45.6 Å². The number of oxazole rings is 1. The fourth-order valence-corrected chi connectivity index (χ4v) is 2.55. The van der Waals surface area contributed by atoms with Gasteiger partial charge < -0.3 is 19.8 Å². The van der Waals surface area contributed by atoms with Gasteiger partial charge in [-0.2, -0.15) is 0 Å². The smallest absolute Gasteiger partial charge is 0.213 e. The number of halogens is 1. The third-order valence-electron chi connectivity index (χ3n) is 4.17. The maximum Gasteiger partial charge on any atom is 0.213 e. The van der Waals surface area contributed by atoms with Crippen molar-refractivity contribution in [3.63, 3.8) is 0 Å². The van der Waals surface area contributed by atoms with Crippen molar-refractivity contribution < 1.29 is 9.15 Å². The van der Waals surface area contributed by atoms with Crippen LogP contribution in [0, 0.1) is 0 Å². The van der Waals surface area contributed by atoms with Crippen molar-refractivity contribution >= 4 is 29.9 Å². The van der Waals surface area contributed by atoms with E-state index in [1.807, 2.05) is 18.2 Å². The monoisotopic (exact) mass is 486 g/mol. The zero-order valence-corrected chi connectivity index (χ0v) is 19.3. The van der Waals surface area contributed by atoms with Crippen LogP contribution in [0.4, 0.5) is 0 Å². The van der Waals surface area contributed by atoms with Crippen LogP contribution in [0.5, 0.6) is 5.75 Å². The molecule has 2 aromatic rings. The van der Waals surface area contributed by atoms with Gasteiger partial charge in [-0.1, -0.05) is 45.9 Å². The first-order valence-corrected chi connectivity index (χ1v) is 8.87. The molecule has 0 aliphatic heterocycles. The molecule has 0 amide bonds. The summed E-state index contributed by atoms with van der Waals surface area (Å²) in [6, 6.07) is 8.07. The minimum atomic E-state index is -0.0463. The van der Waals surface area contributed by atoms with E-state index < -0.39 is 0 Å². The molecule has 1 heterocycles. The van der Waals surface area contributed by atoms with Gasteiger partial charge in [-0.25, -0.2) is 4.98 Å². The van der Waals surface area contributed by atoms with Gasteiger partial charge in [0.1, 0.15) is 11.5 Å². The van der Waals surface area contributed by atoms with E-state index in [4.69, 9.17) is 9.15 Å². The van der Waals surface area contributed by atoms with Crippen LogP contribution in [-0.2, 0) is 12.0 Å². The molecule has 1 aromatic heterocycles. The zero-order chi connectivity index (χ0) is 19.2. The van der Waals surface area contributed by atoms with E-state index in [2.05, 4.69) is 54.4 Å². The lowest BCUT2D eigenvalue weighted by Gasteiger charge is -2.18. The van der Waals surface area contributed by atoms with Gasteiger partial charge in [0, 0.05) is 24.9 Å². The summed E-state index contributed by atoms with van der Waals surface area (Å²) in [5, 5.41) is 6.58. The standard InChI is InChI=1S/C20H30N4O2.HI/c1-14(15-9-7-8-10-16(15)25-6)11-23-19(21-5)24-13-18-22-12-17(26-18)20(2,3)4;/h7-10,12,14H,11,13H2,1-6H3,(H2,21,23,24);1H. The average molecular weight is 486 g/mol. The molecular weight excluding hydrogens is 455 g/mol. The molecule has 2 N–H and O–H groups in total. The van der Waals surface area contributed by atoms with Gasteiger partial charge in [0.05, 0.1) is 19.9 Å². The number of guanidine groups is 1. The number of para-hydroxylation sites is 1. The molecule has 0 aliphatic carbocycles. The highest BCUT2D eigenvalue weighted by Crippen LogP contribution is 2.25. The van der Waals surface area contributed by atoms with Gasteiger partial charge in [-0.15, -0.1) is 24.0 Å². The topological polar surface area (TPSA) is 71.7 Å². The second-order valence-corrected chi connectivity index (χ2v) is 7.32. The number of aromatic nitrogens is 1. The summed E-state index contributed by atoms with van der Waals surface area (Å²) in [5.74, 6) is 3.41. The summed E-state index contributed by atoms with van der Waals surface area (Å²) in [7, 11) is 3.45. The quantitative estimate of drug-likeness (QED) is 0.366. The average Bonchev–Trinajstić information content (AvgIpc) is 3.11. The highest BCUT2D eigenvalue weighted by Gasteiger charge is 2.19. The normalized spacial score (nSPS) is 12.9. The van der Waals surface area contributed by atoms with Crippen LogP contribution in [0.15, 0.2) is 39.9 Å². The number of aliphatic imine (C=N–C) groups is 1. The van der Waals surface area contributed by atoms with E-state index >= 15 is 0 Å². The molecular formula is C20H31IN4O2. The fourth-order valence-electron chi connectivity index (χ4n) is 2.55. The molecule has 0 saturated heterocycles. The number of ether oxygens (including phenoxy) is 1. The fraction of sp³-hybridized carbons (Fsp3) is 0.500. The molecule has 1 unspecified atom stereocenters. The number of methoxy groups -OCH3 is 1. The number of nitrogens with zero attached hydrogens (tertiary/aromatic N) is 2. The van der Waals surface area contributed by atoms with Gasteiger partial charge in [-0.3, -0.25) is 4.99 Å². The lowest BCUT2D eigenvalue weighted by atomic mass is 9.94. The van der Waals surface area contributed by atoms with Crippen molar-refractivity contribution in [1.82, 2.24) is 15.6 Å². The predicted molar refractivity (Wildman–Crippen MR) is 120 cm³/mol. The lowest BCUT2D eigenvalue weighted by molar-refractivity contribution is 0.379. The number of rotatable bonds is 6. The molecule has 0 bridgehead atoms. The third kappa shape index (κ3) is 6.71. The molecule has 2 rings (SSSR count). The van der Waals surface area contributed by atoms with Gasteiger partial charge in [0.15, 0.2) is 5.96 Å². The molecule has 0 saturated carbocycles. The molecule has 27 heavy (non-hydrogen) atoms. The second-order valence-electron chi connectivity index (χ2n) is 7.32. The third-order valence-corrected chi connectivity index (χ3v) is 4.17. The van der Waals surface area contributed by atoms with Crippen molar-refractivity contribution in [2.75, 3.05) is 20.7 Å². The number of hydrogen-bond acceptors (Lipinski definition) is 4. The largest absolute Gasteiger partial charge is 0.496 e. The Morgan fingerprint density at radius 1 is 1.26 bits per heavy atom. The predicted octanol–water partition coefficient (Wildman–Crippen LogP) is 4.07. The summed E-state index contributed by atoms with van der Waals surface area (Å²) in [5.41, 5.74) is 1.12. The molecule has 1 atom stereocenters. The first kappa shape index (κ1) is 23.3. The van der Waals surface area contributed by atoms with E-state index in [0.717, 1.165) is 18.1 Å². The van der Waals surface area contributed by atoms with E-state index in [1.165, 1.54) is 5.56 Å². The molecule has 6 nitrogen and oxygen atoms in total. The Hall–Kier alpha value is -1.77. The van der Waals surface area contributed by atoms with Gasteiger partial charge >= 0.3 is 0 Å². The van der Waals surface area contributed by atoms with Crippen LogP contribution in [0.3, 0.4) is 0 Å². The second kappa shape index (κ2) is 10.5. The van der Waals surface area contributed by atoms with Crippen LogP contribution in [0.1, 0.15) is 50.8 Å². The summed E-state index contributed by atoms with van der Waals surface area (Å²) in [6.07, 6.45) is 1.79. The first-order valence-electron chi connectivity index (χ1n) is 8.87. The highest BCUT2D eigenvalue weighted by atomic mass is 127. The van der Waals surface area contributed by atoms with E-state index in [9.17, 15) is 0 Å². The molecule has 1 aromatic carbocycles. The lowest BCUT2D eigenvalue weighted by Crippen LogP contribution is -2.38. The number of hydrogen-bond donors (Lipinski definition) is 2. The molecule has 0 fully saturated rings. The minimum Gasteiger partial charge on any atom is -0.496 e. The van der Waals surface area contributed by atoms with Crippen LogP contribution < -0.4 is 15.4 Å². The Morgan fingerprint density at radius 2 is 1.96 bits per heavy atom. The van der Waals surface area contributed by atoms with Gasteiger partial charge in [-0.05, 0) is 11.6 Å². The Bertz CT molecular complexity index is 738. The van der Waals surface area contributed by atoms with E-state index in [-0.39, 0.29) is 35.3 Å². The summed E-state index contributed by atoms with van der Waals surface area (Å²) < 4.78 is 11.2. The zero-order valence-electron chi connectivity index (χ0n) is 17.0. The van der Waals surface area contributed by atoms with Crippen molar-refractivity contribution in [3.05, 3.63) is 47.7 Å². The van der Waals surface area contributed by atoms with E-state index in [0.29, 0.717) is 18.4 Å². The Labute approximate surface area is 179 Å². The van der Waals surface area contributed by atoms with Crippen LogP contribution in [0.2, 0.25) is 0 Å². The first-order chi connectivity index (χ1) is 12.3. The number of nitrogens with one attached hydrogen (secondary N) is 2. The van der Waals surface area contributed by atoms with Crippen LogP contribution in [0.25, 0.3) is 0 Å². The SMILES string of the molecule is CN=C(NCc1ncc(C(C)(C)C)o1)NCC(C)c1ccccc1OC.I. The summed E-state index contributed by atoms with van der Waals surface area (Å²) in [6.45, 7) is 9.68. The Kier molecular flexibility index (Phi) is 9.08. The summed E-state index contributed by atoms with van der Waals surface area (Å²) in [4.78, 5) is 8.59. The molecule has 150 valence electrons. The van der Waals surface area contributed by atoms with Crippen molar-refractivity contribution in [3.8, 4) is 5.75 Å². The van der Waals surface area contributed by atoms with Gasteiger partial charge in [0.2, 0.25) is 5.89 Å².